The lowest BCUT2D eigenvalue weighted by molar-refractivity contribution is 0.117. The molecule has 0 aromatic carbocycles. The summed E-state index contributed by atoms with van der Waals surface area (Å²) in [7, 11) is 0. The van der Waals surface area contributed by atoms with Crippen LogP contribution in [0, 0.1) is 0 Å². The Morgan fingerprint density at radius 1 is 1.38 bits per heavy atom. The number of hydrogen-bond donors (Lipinski definition) is 1. The van der Waals surface area contributed by atoms with Crippen LogP contribution in [0.15, 0.2) is 35.3 Å². The van der Waals surface area contributed by atoms with Gasteiger partial charge in [-0.2, -0.15) is 0 Å². The van der Waals surface area contributed by atoms with Crippen LogP contribution in [-0.4, -0.2) is 36.2 Å². The summed E-state index contributed by atoms with van der Waals surface area (Å²) >= 11 is 0. The zero-order valence-corrected chi connectivity index (χ0v) is 13.5. The molecule has 3 nitrogen and oxygen atoms in total. The normalized spacial score (nSPS) is 34.0. The molecule has 0 unspecified atom stereocenters. The van der Waals surface area contributed by atoms with Crippen molar-refractivity contribution in [3.05, 3.63) is 35.3 Å². The molecule has 116 valence electrons. The third-order valence-electron chi connectivity index (χ3n) is 5.21. The van der Waals surface area contributed by atoms with Gasteiger partial charge in [0.05, 0.1) is 12.3 Å². The first-order valence-electron chi connectivity index (χ1n) is 8.11. The Morgan fingerprint density at radius 2 is 2.29 bits per heavy atom. The van der Waals surface area contributed by atoms with Crippen molar-refractivity contribution >= 4 is 12.4 Å². The van der Waals surface area contributed by atoms with E-state index in [0.29, 0.717) is 12.1 Å². The summed E-state index contributed by atoms with van der Waals surface area (Å²) in [6.07, 6.45) is 12.6. The van der Waals surface area contributed by atoms with Crippen molar-refractivity contribution in [2.24, 2.45) is 0 Å². The molecule has 2 heterocycles. The summed E-state index contributed by atoms with van der Waals surface area (Å²) in [6, 6.07) is 1.12. The predicted molar refractivity (Wildman–Crippen MR) is 87.4 cm³/mol. The molecule has 0 spiro atoms. The number of halogens is 1. The van der Waals surface area contributed by atoms with E-state index in [0.717, 1.165) is 0 Å². The highest BCUT2D eigenvalue weighted by molar-refractivity contribution is 5.85. The molecule has 0 saturated carbocycles. The molecule has 0 aromatic rings. The van der Waals surface area contributed by atoms with Crippen LogP contribution in [0.2, 0.25) is 0 Å². The summed E-state index contributed by atoms with van der Waals surface area (Å²) in [4.78, 5) is 2.70. The van der Waals surface area contributed by atoms with Crippen LogP contribution < -0.4 is 5.32 Å². The Hall–Kier alpha value is -0.930. The molecule has 2 aliphatic heterocycles. The maximum Gasteiger partial charge on any atom is 0.143 e. The van der Waals surface area contributed by atoms with Crippen LogP contribution in [0.4, 0.5) is 0 Å². The van der Waals surface area contributed by atoms with Crippen molar-refractivity contribution in [2.75, 3.05) is 13.1 Å². The standard InChI is InChI=1S/C17H24N2O.ClH/c1-2-9-19-11-12-6-7-14-17(20-10-8-18-14)13-4-3-5-15(19)16(12)13;/h4,8,10,14-15,17-18H,2-3,5-7,9,11H2,1H3;1H/t14-,15+,17-;/m1./s1. The van der Waals surface area contributed by atoms with Crippen molar-refractivity contribution in [3.8, 4) is 0 Å². The molecule has 4 heteroatoms. The van der Waals surface area contributed by atoms with E-state index < -0.39 is 0 Å². The van der Waals surface area contributed by atoms with E-state index in [2.05, 4.69) is 23.2 Å². The van der Waals surface area contributed by atoms with E-state index in [9.17, 15) is 0 Å². The molecule has 1 N–H and O–H groups in total. The van der Waals surface area contributed by atoms with E-state index in [1.807, 2.05) is 12.5 Å². The van der Waals surface area contributed by atoms with E-state index in [-0.39, 0.29) is 18.5 Å². The summed E-state index contributed by atoms with van der Waals surface area (Å²) < 4.78 is 5.99. The van der Waals surface area contributed by atoms with E-state index >= 15 is 0 Å². The van der Waals surface area contributed by atoms with Crippen molar-refractivity contribution in [2.45, 2.75) is 57.2 Å². The number of rotatable bonds is 2. The number of allylic oxidation sites excluding steroid dienone is 1. The quantitative estimate of drug-likeness (QED) is 0.848. The van der Waals surface area contributed by atoms with Crippen LogP contribution in [0.25, 0.3) is 0 Å². The molecular formula is C17H25ClN2O. The van der Waals surface area contributed by atoms with Gasteiger partial charge in [0, 0.05) is 18.8 Å². The monoisotopic (exact) mass is 308 g/mol. The highest BCUT2D eigenvalue weighted by atomic mass is 35.5. The van der Waals surface area contributed by atoms with Crippen molar-refractivity contribution in [1.29, 1.82) is 0 Å². The Labute approximate surface area is 133 Å². The van der Waals surface area contributed by atoms with Crippen LogP contribution >= 0.6 is 12.4 Å². The Morgan fingerprint density at radius 3 is 3.14 bits per heavy atom. The number of hydrogen-bond acceptors (Lipinski definition) is 3. The van der Waals surface area contributed by atoms with Crippen LogP contribution in [0.5, 0.6) is 0 Å². The molecule has 0 aromatic heterocycles. The van der Waals surface area contributed by atoms with Gasteiger partial charge in [0.2, 0.25) is 0 Å². The number of ether oxygens (including phenoxy) is 1. The fraction of sp³-hybridized carbons (Fsp3) is 0.647. The number of nitrogens with zero attached hydrogens (tertiary/aromatic N) is 1. The molecule has 0 radical (unpaired) electrons. The van der Waals surface area contributed by atoms with Gasteiger partial charge in [-0.25, -0.2) is 0 Å². The first-order chi connectivity index (χ1) is 9.88. The zero-order chi connectivity index (χ0) is 13.5. The molecular weight excluding hydrogens is 284 g/mol. The summed E-state index contributed by atoms with van der Waals surface area (Å²) in [5.41, 5.74) is 4.83. The van der Waals surface area contributed by atoms with Crippen LogP contribution in [0.3, 0.4) is 0 Å². The highest BCUT2D eigenvalue weighted by Gasteiger charge is 2.42. The smallest absolute Gasteiger partial charge is 0.143 e. The minimum absolute atomic E-state index is 0. The first kappa shape index (κ1) is 15.0. The second-order valence-corrected chi connectivity index (χ2v) is 6.41. The summed E-state index contributed by atoms with van der Waals surface area (Å²) in [5.74, 6) is 0. The second-order valence-electron chi connectivity index (χ2n) is 6.41. The first-order valence-corrected chi connectivity index (χ1v) is 8.11. The molecule has 4 aliphatic rings. The highest BCUT2D eigenvalue weighted by Crippen LogP contribution is 2.43. The van der Waals surface area contributed by atoms with Gasteiger partial charge in [-0.15, -0.1) is 12.4 Å². The molecule has 0 amide bonds. The summed E-state index contributed by atoms with van der Waals surface area (Å²) in [5, 5.41) is 3.50. The van der Waals surface area contributed by atoms with Gasteiger partial charge in [-0.05, 0) is 49.8 Å². The maximum absolute atomic E-state index is 5.99. The van der Waals surface area contributed by atoms with E-state index in [4.69, 9.17) is 4.74 Å². The van der Waals surface area contributed by atoms with E-state index in [1.165, 1.54) is 50.8 Å². The topological polar surface area (TPSA) is 24.5 Å². The fourth-order valence-electron chi connectivity index (χ4n) is 4.42. The van der Waals surface area contributed by atoms with Gasteiger partial charge in [0.15, 0.2) is 0 Å². The van der Waals surface area contributed by atoms with E-state index in [1.54, 1.807) is 11.1 Å². The third kappa shape index (κ3) is 2.40. The number of nitrogens with one attached hydrogen (secondary N) is 1. The molecule has 0 saturated heterocycles. The maximum atomic E-state index is 5.99. The lowest BCUT2D eigenvalue weighted by Gasteiger charge is -2.36. The fourth-order valence-corrected chi connectivity index (χ4v) is 4.42. The summed E-state index contributed by atoms with van der Waals surface area (Å²) in [6.45, 7) is 4.72. The Kier molecular flexibility index (Phi) is 4.32. The average Bonchev–Trinajstić information content (AvgIpc) is 2.75. The average molecular weight is 309 g/mol. The molecule has 0 fully saturated rings. The van der Waals surface area contributed by atoms with Gasteiger partial charge < -0.3 is 10.1 Å². The molecule has 0 bridgehead atoms. The van der Waals surface area contributed by atoms with Gasteiger partial charge in [-0.1, -0.05) is 18.6 Å². The van der Waals surface area contributed by atoms with Crippen LogP contribution in [0.1, 0.15) is 39.0 Å². The zero-order valence-electron chi connectivity index (χ0n) is 12.7. The molecule has 2 aliphatic carbocycles. The van der Waals surface area contributed by atoms with Crippen molar-refractivity contribution in [3.63, 3.8) is 0 Å². The van der Waals surface area contributed by atoms with Gasteiger partial charge >= 0.3 is 0 Å². The minimum atomic E-state index is 0. The van der Waals surface area contributed by atoms with Crippen molar-refractivity contribution in [1.82, 2.24) is 10.2 Å². The number of fused-ring (bicyclic) bond motifs is 2. The predicted octanol–water partition coefficient (Wildman–Crippen LogP) is 3.14. The lowest BCUT2D eigenvalue weighted by atomic mass is 9.84. The Balaban J connectivity index is 0.00000132. The largest absolute Gasteiger partial charge is 0.490 e. The second kappa shape index (κ2) is 6.05. The minimum Gasteiger partial charge on any atom is -0.490 e. The van der Waals surface area contributed by atoms with Gasteiger partial charge in [0.1, 0.15) is 6.10 Å². The van der Waals surface area contributed by atoms with Crippen molar-refractivity contribution < 1.29 is 4.74 Å². The third-order valence-corrected chi connectivity index (χ3v) is 5.21. The van der Waals surface area contributed by atoms with Crippen LogP contribution in [-0.2, 0) is 4.74 Å². The van der Waals surface area contributed by atoms with Gasteiger partial charge in [0.25, 0.3) is 0 Å². The SMILES string of the molecule is CCCN1CC2=C3C(=CCC[C@@H]31)[C@H]1OC=CN[C@@H]1CC2.Cl. The Bertz CT molecular complexity index is 497. The molecule has 4 rings (SSSR count). The molecule has 21 heavy (non-hydrogen) atoms. The lowest BCUT2D eigenvalue weighted by Crippen LogP contribution is -2.44. The molecule has 3 atom stereocenters. The van der Waals surface area contributed by atoms with Gasteiger partial charge in [-0.3, -0.25) is 4.90 Å².